The third-order valence-electron chi connectivity index (χ3n) is 5.79. The Morgan fingerprint density at radius 1 is 1.13 bits per heavy atom. The van der Waals surface area contributed by atoms with Crippen molar-refractivity contribution in [2.45, 2.75) is 53.0 Å². The van der Waals surface area contributed by atoms with Crippen molar-refractivity contribution in [2.75, 3.05) is 0 Å². The summed E-state index contributed by atoms with van der Waals surface area (Å²) in [5.74, 6) is 2.69. The molecule has 1 aliphatic rings. The second-order valence-electron chi connectivity index (χ2n) is 8.16. The van der Waals surface area contributed by atoms with Crippen LogP contribution in [0.5, 0.6) is 0 Å². The molecule has 1 atom stereocenters. The Kier molecular flexibility index (Phi) is 4.81. The number of thiophene rings is 1. The van der Waals surface area contributed by atoms with Crippen LogP contribution >= 0.6 is 11.3 Å². The van der Waals surface area contributed by atoms with Crippen molar-refractivity contribution in [3.63, 3.8) is 0 Å². The third-order valence-corrected chi connectivity index (χ3v) is 6.98. The van der Waals surface area contributed by atoms with E-state index in [2.05, 4.69) is 59.6 Å². The molecular formula is C23H24N6OS. The summed E-state index contributed by atoms with van der Waals surface area (Å²) < 4.78 is 7.66. The van der Waals surface area contributed by atoms with Crippen LogP contribution in [-0.4, -0.2) is 30.4 Å². The van der Waals surface area contributed by atoms with Crippen LogP contribution in [-0.2, 0) is 6.42 Å². The molecule has 0 bridgehead atoms. The number of rotatable bonds is 4. The lowest BCUT2D eigenvalue weighted by Gasteiger charge is -2.11. The van der Waals surface area contributed by atoms with E-state index in [9.17, 15) is 0 Å². The number of aliphatic imine (C=N–C) groups is 1. The molecule has 0 N–H and O–H groups in total. The largest absolute Gasteiger partial charge is 0.449 e. The molecule has 5 rings (SSSR count). The van der Waals surface area contributed by atoms with Gasteiger partial charge in [-0.2, -0.15) is 0 Å². The summed E-state index contributed by atoms with van der Waals surface area (Å²) in [6.45, 7) is 10.6. The average Bonchev–Trinajstić information content (AvgIpc) is 3.44. The van der Waals surface area contributed by atoms with Gasteiger partial charge in [-0.25, -0.2) is 4.98 Å². The van der Waals surface area contributed by atoms with E-state index < -0.39 is 0 Å². The summed E-state index contributed by atoms with van der Waals surface area (Å²) in [5, 5.41) is 9.97. The number of hydrogen-bond donors (Lipinski definition) is 0. The van der Waals surface area contributed by atoms with Crippen LogP contribution in [0.4, 0.5) is 0 Å². The van der Waals surface area contributed by atoms with E-state index in [0.717, 1.165) is 33.6 Å². The van der Waals surface area contributed by atoms with Crippen molar-refractivity contribution >= 4 is 17.0 Å². The smallest absolute Gasteiger partial charge is 0.196 e. The highest BCUT2D eigenvalue weighted by Crippen LogP contribution is 2.39. The van der Waals surface area contributed by atoms with Crippen molar-refractivity contribution in [3.05, 3.63) is 75.6 Å². The van der Waals surface area contributed by atoms with Crippen molar-refractivity contribution in [1.29, 1.82) is 0 Å². The lowest BCUT2D eigenvalue weighted by atomic mass is 10.0. The maximum atomic E-state index is 5.53. The number of aromatic nitrogens is 5. The Hall–Kier alpha value is -3.13. The van der Waals surface area contributed by atoms with Crippen LogP contribution in [0, 0.1) is 20.8 Å². The SMILES string of the molecule is Cc1sc2c(c1C)C(c1ccc(C(C)C)cn1)=N[C@H](Cc1ncco1)c1nnc(C)n1-2. The molecule has 0 spiro atoms. The van der Waals surface area contributed by atoms with Crippen LogP contribution in [0.3, 0.4) is 0 Å². The van der Waals surface area contributed by atoms with Gasteiger partial charge < -0.3 is 4.42 Å². The molecule has 7 nitrogen and oxygen atoms in total. The first kappa shape index (κ1) is 19.8. The highest BCUT2D eigenvalue weighted by Gasteiger charge is 2.32. The number of aryl methyl sites for hydroxylation is 2. The van der Waals surface area contributed by atoms with Crippen LogP contribution in [0.1, 0.15) is 70.6 Å². The number of oxazole rings is 1. The molecule has 4 aromatic heterocycles. The van der Waals surface area contributed by atoms with E-state index in [4.69, 9.17) is 14.4 Å². The normalized spacial score (nSPS) is 15.5. The molecular weight excluding hydrogens is 408 g/mol. The number of pyridine rings is 1. The first-order valence-electron chi connectivity index (χ1n) is 10.4. The van der Waals surface area contributed by atoms with Gasteiger partial charge in [-0.15, -0.1) is 21.5 Å². The Labute approximate surface area is 184 Å². The van der Waals surface area contributed by atoms with Gasteiger partial charge in [-0.05, 0) is 43.9 Å². The topological polar surface area (TPSA) is 82.0 Å². The van der Waals surface area contributed by atoms with E-state index in [-0.39, 0.29) is 6.04 Å². The minimum Gasteiger partial charge on any atom is -0.449 e. The highest BCUT2D eigenvalue weighted by molar-refractivity contribution is 7.15. The Morgan fingerprint density at radius 2 is 1.97 bits per heavy atom. The Morgan fingerprint density at radius 3 is 2.65 bits per heavy atom. The van der Waals surface area contributed by atoms with Gasteiger partial charge >= 0.3 is 0 Å². The fourth-order valence-corrected chi connectivity index (χ4v) is 5.12. The van der Waals surface area contributed by atoms with Gasteiger partial charge in [-0.3, -0.25) is 14.5 Å². The molecule has 1 aliphatic heterocycles. The Balaban J connectivity index is 1.74. The summed E-state index contributed by atoms with van der Waals surface area (Å²) in [7, 11) is 0. The maximum absolute atomic E-state index is 5.53. The van der Waals surface area contributed by atoms with E-state index >= 15 is 0 Å². The lowest BCUT2D eigenvalue weighted by molar-refractivity contribution is 0.467. The summed E-state index contributed by atoms with van der Waals surface area (Å²) in [5.41, 5.74) is 5.27. The molecule has 0 radical (unpaired) electrons. The predicted octanol–water partition coefficient (Wildman–Crippen LogP) is 4.90. The maximum Gasteiger partial charge on any atom is 0.196 e. The van der Waals surface area contributed by atoms with Crippen LogP contribution < -0.4 is 0 Å². The molecule has 0 unspecified atom stereocenters. The molecule has 4 aromatic rings. The quantitative estimate of drug-likeness (QED) is 0.458. The van der Waals surface area contributed by atoms with Crippen molar-refractivity contribution in [1.82, 2.24) is 24.7 Å². The van der Waals surface area contributed by atoms with E-state index in [1.807, 2.05) is 13.1 Å². The van der Waals surface area contributed by atoms with Gasteiger partial charge in [0.2, 0.25) is 0 Å². The van der Waals surface area contributed by atoms with Gasteiger partial charge in [0.05, 0.1) is 24.0 Å². The monoisotopic (exact) mass is 432 g/mol. The minimum absolute atomic E-state index is 0.277. The van der Waals surface area contributed by atoms with Crippen molar-refractivity contribution < 1.29 is 4.42 Å². The molecule has 0 aromatic carbocycles. The fourth-order valence-electron chi connectivity index (χ4n) is 3.91. The standard InChI is InChI=1S/C23H24N6OS/c1-12(2)16-6-7-17(25-11-16)21-20-13(3)14(4)31-23(20)29-15(5)27-28-22(29)18(26-21)10-19-24-8-9-30-19/h6-9,11-12,18H,10H2,1-5H3/t18-/m1/s1. The Bertz CT molecular complexity index is 1260. The summed E-state index contributed by atoms with van der Waals surface area (Å²) in [6, 6.07) is 3.94. The number of nitrogens with zero attached hydrogens (tertiary/aromatic N) is 6. The van der Waals surface area contributed by atoms with Gasteiger partial charge in [0.1, 0.15) is 23.1 Å². The number of fused-ring (bicyclic) bond motifs is 3. The second kappa shape index (κ2) is 7.53. The van der Waals surface area contributed by atoms with Crippen molar-refractivity contribution in [2.24, 2.45) is 4.99 Å². The first-order chi connectivity index (χ1) is 14.9. The van der Waals surface area contributed by atoms with Gasteiger partial charge in [0.15, 0.2) is 11.7 Å². The summed E-state index contributed by atoms with van der Waals surface area (Å²) in [4.78, 5) is 15.6. The van der Waals surface area contributed by atoms with Crippen LogP contribution in [0.2, 0.25) is 0 Å². The zero-order valence-corrected chi connectivity index (χ0v) is 19.1. The molecule has 0 saturated carbocycles. The predicted molar refractivity (Wildman–Crippen MR) is 120 cm³/mol. The zero-order chi connectivity index (χ0) is 21.7. The number of hydrogen-bond acceptors (Lipinski definition) is 7. The first-order valence-corrected chi connectivity index (χ1v) is 11.2. The molecule has 0 amide bonds. The van der Waals surface area contributed by atoms with Gasteiger partial charge in [0.25, 0.3) is 0 Å². The zero-order valence-electron chi connectivity index (χ0n) is 18.2. The molecule has 0 fully saturated rings. The lowest BCUT2D eigenvalue weighted by Crippen LogP contribution is -2.10. The minimum atomic E-state index is -0.277. The van der Waals surface area contributed by atoms with Crippen LogP contribution in [0.25, 0.3) is 5.00 Å². The molecule has 0 aliphatic carbocycles. The highest BCUT2D eigenvalue weighted by atomic mass is 32.1. The van der Waals surface area contributed by atoms with E-state index in [0.29, 0.717) is 18.2 Å². The molecule has 158 valence electrons. The van der Waals surface area contributed by atoms with Gasteiger partial charge in [-0.1, -0.05) is 19.9 Å². The van der Waals surface area contributed by atoms with Crippen molar-refractivity contribution in [3.8, 4) is 5.00 Å². The molecule has 0 saturated heterocycles. The summed E-state index contributed by atoms with van der Waals surface area (Å²) >= 11 is 1.74. The second-order valence-corrected chi connectivity index (χ2v) is 9.36. The molecule has 31 heavy (non-hydrogen) atoms. The average molecular weight is 433 g/mol. The van der Waals surface area contributed by atoms with E-state index in [1.54, 1.807) is 23.8 Å². The fraction of sp³-hybridized carbons (Fsp3) is 0.348. The van der Waals surface area contributed by atoms with Gasteiger partial charge in [0, 0.05) is 16.6 Å². The molecule has 5 heterocycles. The third kappa shape index (κ3) is 3.31. The van der Waals surface area contributed by atoms with Crippen LogP contribution in [0.15, 0.2) is 40.2 Å². The summed E-state index contributed by atoms with van der Waals surface area (Å²) in [6.07, 6.45) is 5.70. The molecule has 8 heteroatoms. The van der Waals surface area contributed by atoms with E-state index in [1.165, 1.54) is 16.0 Å².